The number of sulfonamides is 1. The molecule has 0 unspecified atom stereocenters. The fourth-order valence-corrected chi connectivity index (χ4v) is 5.45. The summed E-state index contributed by atoms with van der Waals surface area (Å²) >= 11 is 0. The maximum Gasteiger partial charge on any atom is 0.266 e. The van der Waals surface area contributed by atoms with Crippen molar-refractivity contribution in [2.24, 2.45) is 7.05 Å². The minimum Gasteiger partial charge on any atom is -0.378 e. The number of hydrogen-bond donors (Lipinski definition) is 2. The van der Waals surface area contributed by atoms with Crippen molar-refractivity contribution in [3.8, 4) is 0 Å². The third kappa shape index (κ3) is 5.22. The molecular weight excluding hydrogens is 521 g/mol. The van der Waals surface area contributed by atoms with E-state index in [0.717, 1.165) is 28.5 Å². The zero-order valence-electron chi connectivity index (χ0n) is 21.9. The molecule has 4 aromatic rings. The normalized spacial score (nSPS) is 13.8. The molecule has 39 heavy (non-hydrogen) atoms. The van der Waals surface area contributed by atoms with E-state index in [1.54, 1.807) is 37.4 Å². The number of carbonyl (C=O) groups is 1. The standard InChI is InChI=1S/C28H28FN5O4S/c1-16-11-22(17(2)30-24-8-6-5-7-21(24)26(35)32-39(4,37)38)25-23(12-16)27(36)33(3)28(31-25)34-14-18-9-10-20(29)13-19(18)15-34/h5-13,17,30H,14-15H2,1-4H3,(H,32,35)/t17-/m0/s1. The average molecular weight is 550 g/mol. The second-order valence-electron chi connectivity index (χ2n) is 9.91. The average Bonchev–Trinajstić information content (AvgIpc) is 3.28. The van der Waals surface area contributed by atoms with Crippen LogP contribution in [0.5, 0.6) is 0 Å². The van der Waals surface area contributed by atoms with Crippen LogP contribution in [0, 0.1) is 12.7 Å². The van der Waals surface area contributed by atoms with E-state index >= 15 is 0 Å². The fourth-order valence-electron chi connectivity index (χ4n) is 5.00. The Morgan fingerprint density at radius 1 is 1.08 bits per heavy atom. The van der Waals surface area contributed by atoms with Crippen molar-refractivity contribution >= 4 is 38.5 Å². The lowest BCUT2D eigenvalue weighted by atomic mass is 10.0. The van der Waals surface area contributed by atoms with Crippen LogP contribution in [0.2, 0.25) is 0 Å². The first-order valence-electron chi connectivity index (χ1n) is 12.3. The molecule has 2 heterocycles. The smallest absolute Gasteiger partial charge is 0.266 e. The molecule has 1 aromatic heterocycles. The maximum absolute atomic E-state index is 13.8. The van der Waals surface area contributed by atoms with Crippen molar-refractivity contribution in [3.63, 3.8) is 0 Å². The summed E-state index contributed by atoms with van der Waals surface area (Å²) in [5.41, 5.74) is 4.35. The van der Waals surface area contributed by atoms with Gasteiger partial charge in [-0.2, -0.15) is 0 Å². The first-order chi connectivity index (χ1) is 18.4. The van der Waals surface area contributed by atoms with Gasteiger partial charge in [-0.3, -0.25) is 14.2 Å². The lowest BCUT2D eigenvalue weighted by Gasteiger charge is -2.23. The van der Waals surface area contributed by atoms with Gasteiger partial charge in [0.25, 0.3) is 11.5 Å². The summed E-state index contributed by atoms with van der Waals surface area (Å²) in [4.78, 5) is 33.0. The van der Waals surface area contributed by atoms with Gasteiger partial charge in [-0.05, 0) is 60.9 Å². The van der Waals surface area contributed by atoms with Gasteiger partial charge in [0.1, 0.15) is 5.82 Å². The number of aromatic nitrogens is 2. The molecule has 0 fully saturated rings. The molecule has 202 valence electrons. The van der Waals surface area contributed by atoms with Crippen molar-refractivity contribution < 1.29 is 17.6 Å². The van der Waals surface area contributed by atoms with Crippen molar-refractivity contribution in [1.82, 2.24) is 14.3 Å². The van der Waals surface area contributed by atoms with E-state index < -0.39 is 22.0 Å². The number of rotatable bonds is 6. The molecule has 0 spiro atoms. The van der Waals surface area contributed by atoms with E-state index in [1.807, 2.05) is 29.5 Å². The Labute approximate surface area is 225 Å². The molecule has 0 saturated heterocycles. The summed E-state index contributed by atoms with van der Waals surface area (Å²) in [6.07, 6.45) is 0.918. The van der Waals surface area contributed by atoms with Gasteiger partial charge in [0.15, 0.2) is 0 Å². The number of aryl methyl sites for hydroxylation is 1. The second kappa shape index (κ2) is 9.81. The Balaban J connectivity index is 1.55. The second-order valence-corrected chi connectivity index (χ2v) is 11.7. The van der Waals surface area contributed by atoms with E-state index in [1.165, 1.54) is 22.8 Å². The van der Waals surface area contributed by atoms with E-state index in [9.17, 15) is 22.4 Å². The third-order valence-corrected chi connectivity index (χ3v) is 7.35. The van der Waals surface area contributed by atoms with Crippen LogP contribution in [0.25, 0.3) is 10.9 Å². The minimum atomic E-state index is -3.75. The Hall–Kier alpha value is -4.25. The van der Waals surface area contributed by atoms with Crippen LogP contribution in [0.1, 0.15) is 45.6 Å². The number of para-hydroxylation sites is 1. The first-order valence-corrected chi connectivity index (χ1v) is 14.2. The van der Waals surface area contributed by atoms with Gasteiger partial charge < -0.3 is 10.2 Å². The van der Waals surface area contributed by atoms with Crippen molar-refractivity contribution in [1.29, 1.82) is 0 Å². The number of anilines is 2. The molecule has 1 atom stereocenters. The monoisotopic (exact) mass is 549 g/mol. The summed E-state index contributed by atoms with van der Waals surface area (Å²) in [5, 5.41) is 3.75. The lowest BCUT2D eigenvalue weighted by Crippen LogP contribution is -2.30. The number of amides is 1. The fraction of sp³-hybridized carbons (Fsp3) is 0.250. The summed E-state index contributed by atoms with van der Waals surface area (Å²) in [5.74, 6) is -0.588. The van der Waals surface area contributed by atoms with Gasteiger partial charge in [-0.25, -0.2) is 22.5 Å². The largest absolute Gasteiger partial charge is 0.378 e. The van der Waals surface area contributed by atoms with E-state index in [4.69, 9.17) is 4.98 Å². The zero-order chi connectivity index (χ0) is 28.1. The number of halogens is 1. The summed E-state index contributed by atoms with van der Waals surface area (Å²) in [7, 11) is -2.07. The summed E-state index contributed by atoms with van der Waals surface area (Å²) in [6, 6.07) is 14.6. The number of nitrogens with zero attached hydrogens (tertiary/aromatic N) is 3. The Kier molecular flexibility index (Phi) is 6.63. The predicted molar refractivity (Wildman–Crippen MR) is 149 cm³/mol. The quantitative estimate of drug-likeness (QED) is 0.377. The van der Waals surface area contributed by atoms with Gasteiger partial charge >= 0.3 is 0 Å². The van der Waals surface area contributed by atoms with Gasteiger partial charge in [0, 0.05) is 31.4 Å². The highest BCUT2D eigenvalue weighted by Gasteiger charge is 2.25. The Morgan fingerprint density at radius 3 is 2.54 bits per heavy atom. The van der Waals surface area contributed by atoms with Crippen LogP contribution in [-0.2, 0) is 30.2 Å². The SMILES string of the molecule is Cc1cc([C@H](C)Nc2ccccc2C(=O)NS(C)(=O)=O)c2nc(N3Cc4ccc(F)cc4C3)n(C)c(=O)c2c1. The highest BCUT2D eigenvalue weighted by Crippen LogP contribution is 2.31. The molecule has 2 N–H and O–H groups in total. The molecular formula is C28H28FN5O4S. The highest BCUT2D eigenvalue weighted by molar-refractivity contribution is 7.89. The lowest BCUT2D eigenvalue weighted by molar-refractivity contribution is 0.0982. The maximum atomic E-state index is 13.8. The van der Waals surface area contributed by atoms with Crippen molar-refractivity contribution in [3.05, 3.63) is 98.6 Å². The van der Waals surface area contributed by atoms with Gasteiger partial charge in [0.2, 0.25) is 16.0 Å². The van der Waals surface area contributed by atoms with Gasteiger partial charge in [-0.15, -0.1) is 0 Å². The number of benzene rings is 3. The molecule has 5 rings (SSSR count). The summed E-state index contributed by atoms with van der Waals surface area (Å²) < 4.78 is 40.6. The highest BCUT2D eigenvalue weighted by atomic mass is 32.2. The van der Waals surface area contributed by atoms with Crippen LogP contribution in [0.3, 0.4) is 0 Å². The van der Waals surface area contributed by atoms with Gasteiger partial charge in [0.05, 0.1) is 28.8 Å². The zero-order valence-corrected chi connectivity index (χ0v) is 22.8. The topological polar surface area (TPSA) is 113 Å². The van der Waals surface area contributed by atoms with Crippen LogP contribution < -0.4 is 20.5 Å². The molecule has 0 bridgehead atoms. The Bertz CT molecular complexity index is 1800. The van der Waals surface area contributed by atoms with E-state index in [2.05, 4.69) is 5.32 Å². The van der Waals surface area contributed by atoms with Crippen LogP contribution in [0.4, 0.5) is 16.0 Å². The predicted octanol–water partition coefficient (Wildman–Crippen LogP) is 3.76. The third-order valence-electron chi connectivity index (χ3n) is 6.79. The number of nitrogens with one attached hydrogen (secondary N) is 2. The molecule has 3 aromatic carbocycles. The molecule has 9 nitrogen and oxygen atoms in total. The Morgan fingerprint density at radius 2 is 1.79 bits per heavy atom. The summed E-state index contributed by atoms with van der Waals surface area (Å²) in [6.45, 7) is 4.70. The van der Waals surface area contributed by atoms with Crippen molar-refractivity contribution in [2.75, 3.05) is 16.5 Å². The minimum absolute atomic E-state index is 0.165. The van der Waals surface area contributed by atoms with Crippen LogP contribution >= 0.6 is 0 Å². The molecule has 1 amide bonds. The first kappa shape index (κ1) is 26.4. The number of carbonyl (C=O) groups excluding carboxylic acids is 1. The molecule has 0 saturated carbocycles. The molecule has 1 aliphatic heterocycles. The van der Waals surface area contributed by atoms with Crippen LogP contribution in [0.15, 0.2) is 59.4 Å². The van der Waals surface area contributed by atoms with Gasteiger partial charge in [-0.1, -0.05) is 24.3 Å². The van der Waals surface area contributed by atoms with Crippen molar-refractivity contribution in [2.45, 2.75) is 33.0 Å². The molecule has 11 heteroatoms. The van der Waals surface area contributed by atoms with Crippen LogP contribution in [-0.4, -0.2) is 30.1 Å². The van der Waals surface area contributed by atoms with E-state index in [-0.39, 0.29) is 16.9 Å². The number of fused-ring (bicyclic) bond motifs is 2. The van der Waals surface area contributed by atoms with E-state index in [0.29, 0.717) is 35.6 Å². The molecule has 1 aliphatic rings. The molecule has 0 aliphatic carbocycles. The molecule has 0 radical (unpaired) electrons. The number of hydrogen-bond acceptors (Lipinski definition) is 7.